The molecule has 0 radical (unpaired) electrons. The fourth-order valence-corrected chi connectivity index (χ4v) is 7.04. The monoisotopic (exact) mass is 705 g/mol. The molecule has 0 atom stereocenters. The molecule has 10 rings (SSSR count). The van der Waals surface area contributed by atoms with Crippen molar-refractivity contribution in [3.8, 4) is 34.2 Å². The zero-order valence-corrected chi connectivity index (χ0v) is 28.5. The highest BCUT2D eigenvalue weighted by atomic mass is 16.6. The van der Waals surface area contributed by atoms with Crippen molar-refractivity contribution in [3.63, 3.8) is 0 Å². The Morgan fingerprint density at radius 2 is 0.556 bits per heavy atom. The van der Waals surface area contributed by atoms with Crippen molar-refractivity contribution in [3.05, 3.63) is 178 Å². The van der Waals surface area contributed by atoms with Gasteiger partial charge in [0, 0.05) is 70.6 Å². The van der Waals surface area contributed by atoms with Crippen LogP contribution in [-0.4, -0.2) is 47.0 Å². The Bertz CT molecular complexity index is 2260. The molecule has 7 aromatic rings. The molecule has 6 aromatic heterocycles. The molecule has 258 valence electrons. The van der Waals surface area contributed by atoms with Crippen molar-refractivity contribution in [2.24, 2.45) is 15.5 Å². The van der Waals surface area contributed by atoms with Crippen molar-refractivity contribution in [1.82, 2.24) is 29.9 Å². The van der Waals surface area contributed by atoms with E-state index in [4.69, 9.17) is 14.5 Å². The molecule has 0 aliphatic heterocycles. The van der Waals surface area contributed by atoms with Crippen LogP contribution in [0.25, 0.3) is 34.2 Å². The molecule has 0 spiro atoms. The molecule has 3 aliphatic carbocycles. The fourth-order valence-electron chi connectivity index (χ4n) is 7.04. The summed E-state index contributed by atoms with van der Waals surface area (Å²) >= 11 is 0. The number of fused-ring (bicyclic) bond motifs is 9. The van der Waals surface area contributed by atoms with Crippen LogP contribution in [0.4, 0.5) is 0 Å². The lowest BCUT2D eigenvalue weighted by atomic mass is 10.1. The Hall–Kier alpha value is -7.47. The lowest BCUT2D eigenvalue weighted by Gasteiger charge is -2.10. The van der Waals surface area contributed by atoms with E-state index in [0.717, 1.165) is 84.2 Å². The van der Waals surface area contributed by atoms with Gasteiger partial charge in [-0.2, -0.15) is 0 Å². The second-order valence-electron chi connectivity index (χ2n) is 12.7. The first-order valence-corrected chi connectivity index (χ1v) is 17.3. The molecule has 12 nitrogen and oxygen atoms in total. The third-order valence-electron chi connectivity index (χ3n) is 9.32. The second kappa shape index (κ2) is 13.3. The number of oxime groups is 3. The van der Waals surface area contributed by atoms with E-state index >= 15 is 0 Å². The van der Waals surface area contributed by atoms with Gasteiger partial charge in [-0.15, -0.1) is 0 Å². The summed E-state index contributed by atoms with van der Waals surface area (Å²) in [5.74, 6) is 0. The summed E-state index contributed by atoms with van der Waals surface area (Å²) in [5.41, 5.74) is 14.7. The number of nitrogens with zero attached hydrogens (tertiary/aromatic N) is 9. The summed E-state index contributed by atoms with van der Waals surface area (Å²) < 4.78 is 0. The van der Waals surface area contributed by atoms with E-state index in [1.165, 1.54) is 0 Å². The number of rotatable bonds is 9. The number of hydrogen-bond donors (Lipinski definition) is 0. The molecular weight excluding hydrogens is 679 g/mol. The van der Waals surface area contributed by atoms with Crippen molar-refractivity contribution >= 4 is 17.1 Å². The van der Waals surface area contributed by atoms with Gasteiger partial charge in [0.2, 0.25) is 0 Å². The van der Waals surface area contributed by atoms with Crippen LogP contribution < -0.4 is 0 Å². The summed E-state index contributed by atoms with van der Waals surface area (Å²) in [5, 5.41) is 13.7. The largest absolute Gasteiger partial charge is 0.390 e. The third-order valence-corrected chi connectivity index (χ3v) is 9.32. The van der Waals surface area contributed by atoms with Crippen LogP contribution in [-0.2, 0) is 34.3 Å². The minimum absolute atomic E-state index is 0.189. The predicted octanol–water partition coefficient (Wildman–Crippen LogP) is 6.91. The number of pyridine rings is 6. The maximum absolute atomic E-state index is 6.02. The summed E-state index contributed by atoms with van der Waals surface area (Å²) in [6.45, 7) is 0.568. The molecule has 3 aliphatic rings. The van der Waals surface area contributed by atoms with Crippen LogP contribution in [0.2, 0.25) is 0 Å². The van der Waals surface area contributed by atoms with Crippen LogP contribution in [0.5, 0.6) is 0 Å². The molecule has 0 N–H and O–H groups in total. The Balaban J connectivity index is 0.934. The summed E-state index contributed by atoms with van der Waals surface area (Å²) in [7, 11) is 0. The van der Waals surface area contributed by atoms with Gasteiger partial charge < -0.3 is 14.5 Å². The van der Waals surface area contributed by atoms with Gasteiger partial charge in [-0.3, -0.25) is 29.9 Å². The van der Waals surface area contributed by atoms with Gasteiger partial charge >= 0.3 is 0 Å². The first-order valence-electron chi connectivity index (χ1n) is 17.3. The van der Waals surface area contributed by atoms with E-state index in [0.29, 0.717) is 17.1 Å². The molecular formula is C42H27N9O3. The molecule has 6 heterocycles. The maximum Gasteiger partial charge on any atom is 0.142 e. The van der Waals surface area contributed by atoms with Crippen LogP contribution in [0.15, 0.2) is 144 Å². The molecule has 0 saturated heterocycles. The van der Waals surface area contributed by atoms with E-state index < -0.39 is 0 Å². The van der Waals surface area contributed by atoms with Gasteiger partial charge in [0.05, 0.1) is 34.2 Å². The van der Waals surface area contributed by atoms with Gasteiger partial charge in [-0.1, -0.05) is 15.5 Å². The van der Waals surface area contributed by atoms with Crippen LogP contribution >= 0.6 is 0 Å². The summed E-state index contributed by atoms with van der Waals surface area (Å²) in [6, 6.07) is 29.2. The third kappa shape index (κ3) is 5.44. The van der Waals surface area contributed by atoms with Gasteiger partial charge in [-0.05, 0) is 108 Å². The maximum atomic E-state index is 6.02. The Morgan fingerprint density at radius 3 is 0.778 bits per heavy atom. The minimum atomic E-state index is 0.189. The van der Waals surface area contributed by atoms with E-state index in [2.05, 4.69) is 45.4 Å². The van der Waals surface area contributed by atoms with E-state index in [9.17, 15) is 0 Å². The van der Waals surface area contributed by atoms with Crippen molar-refractivity contribution < 1.29 is 14.5 Å². The number of hydrogen-bond acceptors (Lipinski definition) is 12. The highest BCUT2D eigenvalue weighted by Gasteiger charge is 2.30. The standard InChI is InChI=1S/C42H27N9O3/c1-7-28-34(29-8-2-14-44-38(29)37(28)43-13-1)49-52-22-25-19-26(23-53-50-35-30-9-3-15-45-39(30)40-31(35)10-4-16-46-40)21-27(20-25)24-54-51-36-32-11-5-17-47-41(32)42-33(36)12-6-18-48-42/h1-21H,22-24H2. The predicted molar refractivity (Wildman–Crippen MR) is 200 cm³/mol. The van der Waals surface area contributed by atoms with E-state index in [1.807, 2.05) is 91.0 Å². The fraction of sp³-hybridized carbons (Fsp3) is 0.0714. The van der Waals surface area contributed by atoms with Crippen molar-refractivity contribution in [2.45, 2.75) is 19.8 Å². The first kappa shape index (κ1) is 31.3. The van der Waals surface area contributed by atoms with Gasteiger partial charge in [-0.25, -0.2) is 0 Å². The minimum Gasteiger partial charge on any atom is -0.390 e. The summed E-state index contributed by atoms with van der Waals surface area (Å²) in [6.07, 6.45) is 10.5. The highest BCUT2D eigenvalue weighted by molar-refractivity contribution is 6.24. The Morgan fingerprint density at radius 1 is 0.333 bits per heavy atom. The van der Waals surface area contributed by atoms with Crippen molar-refractivity contribution in [2.75, 3.05) is 0 Å². The van der Waals surface area contributed by atoms with Gasteiger partial charge in [0.25, 0.3) is 0 Å². The average molecular weight is 706 g/mol. The Kier molecular flexibility index (Phi) is 7.68. The smallest absolute Gasteiger partial charge is 0.142 e. The molecule has 12 heteroatoms. The first-order chi connectivity index (χ1) is 26.8. The van der Waals surface area contributed by atoms with E-state index in [-0.39, 0.29) is 19.8 Å². The molecule has 0 amide bonds. The normalized spacial score (nSPS) is 12.6. The zero-order valence-electron chi connectivity index (χ0n) is 28.5. The second-order valence-corrected chi connectivity index (χ2v) is 12.7. The summed E-state index contributed by atoms with van der Waals surface area (Å²) in [4.78, 5) is 45.3. The molecule has 0 bridgehead atoms. The molecule has 0 fully saturated rings. The highest BCUT2D eigenvalue weighted by Crippen LogP contribution is 2.36. The van der Waals surface area contributed by atoms with Crippen LogP contribution in [0, 0.1) is 0 Å². The van der Waals surface area contributed by atoms with E-state index in [1.54, 1.807) is 37.2 Å². The zero-order chi connectivity index (χ0) is 35.8. The number of benzene rings is 1. The topological polar surface area (TPSA) is 142 Å². The lowest BCUT2D eigenvalue weighted by Crippen LogP contribution is -2.03. The number of aromatic nitrogens is 6. The molecule has 0 saturated carbocycles. The SMILES string of the molecule is c1cnc2c(c1)C(=NOCc1cc(CON=C3c4cccnc4-c4ncccc43)cc(CON=C3c4cccnc4-c4ncccc43)c1)c1cccnc1-2. The quantitative estimate of drug-likeness (QED) is 0.147. The molecule has 1 aromatic carbocycles. The molecule has 0 unspecified atom stereocenters. The Labute approximate surface area is 308 Å². The lowest BCUT2D eigenvalue weighted by molar-refractivity contribution is 0.122. The van der Waals surface area contributed by atoms with Gasteiger partial charge in [0.1, 0.15) is 37.0 Å². The van der Waals surface area contributed by atoms with Gasteiger partial charge in [0.15, 0.2) is 0 Å². The molecule has 54 heavy (non-hydrogen) atoms. The van der Waals surface area contributed by atoms with Crippen LogP contribution in [0.1, 0.15) is 50.1 Å². The average Bonchev–Trinajstić information content (AvgIpc) is 3.84. The van der Waals surface area contributed by atoms with Crippen molar-refractivity contribution in [1.29, 1.82) is 0 Å². The van der Waals surface area contributed by atoms with Crippen LogP contribution in [0.3, 0.4) is 0 Å².